The second-order valence-corrected chi connectivity index (χ2v) is 6.31. The van der Waals surface area contributed by atoms with Crippen LogP contribution in [0.5, 0.6) is 0 Å². The van der Waals surface area contributed by atoms with Crippen LogP contribution in [0.1, 0.15) is 56.6 Å². The van der Waals surface area contributed by atoms with Crippen LogP contribution in [0, 0.1) is 11.7 Å². The lowest BCUT2D eigenvalue weighted by molar-refractivity contribution is -0.120. The molecule has 2 atom stereocenters. The molecular formula is C16H23FN2O. The highest BCUT2D eigenvalue weighted by Gasteiger charge is 2.40. The molecule has 1 aromatic rings. The van der Waals surface area contributed by atoms with E-state index >= 15 is 0 Å². The Morgan fingerprint density at radius 1 is 1.30 bits per heavy atom. The molecule has 4 heteroatoms. The molecule has 0 aromatic carbocycles. The Kier molecular flexibility index (Phi) is 4.03. The molecule has 110 valence electrons. The van der Waals surface area contributed by atoms with E-state index in [0.717, 1.165) is 37.9 Å². The van der Waals surface area contributed by atoms with Crippen LogP contribution in [0.15, 0.2) is 18.5 Å². The number of hydrogen-bond acceptors (Lipinski definition) is 3. The van der Waals surface area contributed by atoms with E-state index < -0.39 is 0 Å². The molecule has 0 amide bonds. The molecule has 2 unspecified atom stereocenters. The van der Waals surface area contributed by atoms with E-state index in [1.807, 2.05) is 0 Å². The van der Waals surface area contributed by atoms with Crippen LogP contribution in [0.3, 0.4) is 0 Å². The van der Waals surface area contributed by atoms with Crippen molar-refractivity contribution < 1.29 is 9.13 Å². The van der Waals surface area contributed by atoms with Crippen LogP contribution in [0.25, 0.3) is 0 Å². The largest absolute Gasteiger partial charge is 0.375 e. The summed E-state index contributed by atoms with van der Waals surface area (Å²) in [4.78, 5) is 3.92. The van der Waals surface area contributed by atoms with Crippen molar-refractivity contribution in [2.45, 2.75) is 56.6 Å². The summed E-state index contributed by atoms with van der Waals surface area (Å²) in [5, 5.41) is 0. The van der Waals surface area contributed by atoms with Crippen LogP contribution in [0.4, 0.5) is 4.39 Å². The minimum atomic E-state index is -0.308. The third kappa shape index (κ3) is 2.86. The smallest absolute Gasteiger partial charge is 0.141 e. The molecule has 2 N–H and O–H groups in total. The zero-order chi connectivity index (χ0) is 14.0. The fraction of sp³-hybridized carbons (Fsp3) is 0.688. The first-order chi connectivity index (χ1) is 9.69. The molecule has 1 saturated carbocycles. The first-order valence-corrected chi connectivity index (χ1v) is 7.69. The lowest BCUT2D eigenvalue weighted by Crippen LogP contribution is -2.44. The van der Waals surface area contributed by atoms with Crippen molar-refractivity contribution >= 4 is 0 Å². The van der Waals surface area contributed by atoms with Gasteiger partial charge in [-0.2, -0.15) is 0 Å². The van der Waals surface area contributed by atoms with E-state index in [1.165, 1.54) is 31.5 Å². The lowest BCUT2D eigenvalue weighted by Gasteiger charge is -2.45. The van der Waals surface area contributed by atoms with E-state index in [-0.39, 0.29) is 17.5 Å². The van der Waals surface area contributed by atoms with Crippen molar-refractivity contribution in [2.24, 2.45) is 11.7 Å². The van der Waals surface area contributed by atoms with Gasteiger partial charge in [-0.1, -0.05) is 19.3 Å². The summed E-state index contributed by atoms with van der Waals surface area (Å²) >= 11 is 0. The Balaban J connectivity index is 1.73. The van der Waals surface area contributed by atoms with Crippen molar-refractivity contribution in [2.75, 3.05) is 6.61 Å². The third-order valence-corrected chi connectivity index (χ3v) is 4.91. The second kappa shape index (κ2) is 5.78. The number of aromatic nitrogens is 1. The lowest BCUT2D eigenvalue weighted by atomic mass is 9.73. The minimum Gasteiger partial charge on any atom is -0.375 e. The molecule has 0 radical (unpaired) electrons. The molecule has 1 spiro atoms. The van der Waals surface area contributed by atoms with E-state index in [9.17, 15) is 4.39 Å². The van der Waals surface area contributed by atoms with Crippen molar-refractivity contribution in [1.82, 2.24) is 4.98 Å². The monoisotopic (exact) mass is 278 g/mol. The molecule has 3 rings (SSSR count). The van der Waals surface area contributed by atoms with Gasteiger partial charge in [0.15, 0.2) is 0 Å². The highest BCUT2D eigenvalue weighted by Crippen LogP contribution is 2.43. The van der Waals surface area contributed by atoms with Gasteiger partial charge in [0, 0.05) is 18.8 Å². The summed E-state index contributed by atoms with van der Waals surface area (Å²) in [6.07, 6.45) is 11.0. The molecule has 2 aliphatic rings. The van der Waals surface area contributed by atoms with Gasteiger partial charge in [-0.3, -0.25) is 4.98 Å². The van der Waals surface area contributed by atoms with Crippen LogP contribution >= 0.6 is 0 Å². The van der Waals surface area contributed by atoms with Crippen LogP contribution in [0.2, 0.25) is 0 Å². The zero-order valence-corrected chi connectivity index (χ0v) is 11.9. The average molecular weight is 278 g/mol. The van der Waals surface area contributed by atoms with Crippen molar-refractivity contribution in [1.29, 1.82) is 0 Å². The topological polar surface area (TPSA) is 48.1 Å². The number of nitrogens with zero attached hydrogens (tertiary/aromatic N) is 1. The standard InChI is InChI=1S/C16H23FN2O/c17-14-8-13(10-19-11-14)15(18)12-4-7-20-16(9-12)5-2-1-3-6-16/h8,10-12,15H,1-7,9,18H2. The van der Waals surface area contributed by atoms with E-state index in [2.05, 4.69) is 4.98 Å². The molecular weight excluding hydrogens is 255 g/mol. The van der Waals surface area contributed by atoms with Crippen LogP contribution in [-0.2, 0) is 4.74 Å². The molecule has 2 fully saturated rings. The summed E-state index contributed by atoms with van der Waals surface area (Å²) in [5.41, 5.74) is 7.22. The van der Waals surface area contributed by atoms with Gasteiger partial charge in [0.2, 0.25) is 0 Å². The molecule has 2 heterocycles. The Hall–Kier alpha value is -1.00. The number of hydrogen-bond donors (Lipinski definition) is 1. The van der Waals surface area contributed by atoms with Gasteiger partial charge in [0.1, 0.15) is 5.82 Å². The SMILES string of the molecule is NC(c1cncc(F)c1)C1CCOC2(CCCCC2)C1. The molecule has 0 bridgehead atoms. The quantitative estimate of drug-likeness (QED) is 0.902. The minimum absolute atomic E-state index is 0.0412. The van der Waals surface area contributed by atoms with E-state index in [4.69, 9.17) is 10.5 Å². The zero-order valence-electron chi connectivity index (χ0n) is 11.9. The summed E-state index contributed by atoms with van der Waals surface area (Å²) in [7, 11) is 0. The predicted molar refractivity (Wildman–Crippen MR) is 75.6 cm³/mol. The normalized spacial score (nSPS) is 27.4. The highest BCUT2D eigenvalue weighted by molar-refractivity contribution is 5.16. The Morgan fingerprint density at radius 2 is 2.10 bits per heavy atom. The van der Waals surface area contributed by atoms with Gasteiger partial charge in [-0.25, -0.2) is 4.39 Å². The van der Waals surface area contributed by atoms with Gasteiger partial charge in [0.05, 0.1) is 11.8 Å². The maximum atomic E-state index is 13.3. The van der Waals surface area contributed by atoms with Gasteiger partial charge >= 0.3 is 0 Å². The first-order valence-electron chi connectivity index (χ1n) is 7.69. The maximum Gasteiger partial charge on any atom is 0.141 e. The summed E-state index contributed by atoms with van der Waals surface area (Å²) < 4.78 is 19.4. The number of pyridine rings is 1. The summed E-state index contributed by atoms with van der Waals surface area (Å²) in [6, 6.07) is 1.38. The Labute approximate surface area is 119 Å². The highest BCUT2D eigenvalue weighted by atomic mass is 19.1. The number of rotatable bonds is 2. The van der Waals surface area contributed by atoms with Crippen molar-refractivity contribution in [3.8, 4) is 0 Å². The van der Waals surface area contributed by atoms with Gasteiger partial charge in [-0.15, -0.1) is 0 Å². The molecule has 1 saturated heterocycles. The van der Waals surface area contributed by atoms with Gasteiger partial charge in [-0.05, 0) is 43.2 Å². The van der Waals surface area contributed by atoms with Crippen molar-refractivity contribution in [3.05, 3.63) is 29.8 Å². The number of halogens is 1. The maximum absolute atomic E-state index is 13.3. The summed E-state index contributed by atoms with van der Waals surface area (Å²) in [6.45, 7) is 0.779. The predicted octanol–water partition coefficient (Wildman–Crippen LogP) is 3.35. The second-order valence-electron chi connectivity index (χ2n) is 6.31. The van der Waals surface area contributed by atoms with E-state index in [1.54, 1.807) is 6.20 Å². The Morgan fingerprint density at radius 3 is 2.85 bits per heavy atom. The number of nitrogens with two attached hydrogens (primary N) is 1. The summed E-state index contributed by atoms with van der Waals surface area (Å²) in [5.74, 6) is 0.0582. The average Bonchev–Trinajstić information content (AvgIpc) is 2.47. The molecule has 20 heavy (non-hydrogen) atoms. The fourth-order valence-corrected chi connectivity index (χ4v) is 3.80. The molecule has 1 aliphatic carbocycles. The molecule has 1 aromatic heterocycles. The molecule has 3 nitrogen and oxygen atoms in total. The van der Waals surface area contributed by atoms with Crippen LogP contribution in [-0.4, -0.2) is 17.2 Å². The van der Waals surface area contributed by atoms with E-state index in [0.29, 0.717) is 5.92 Å². The fourth-order valence-electron chi connectivity index (χ4n) is 3.80. The third-order valence-electron chi connectivity index (χ3n) is 4.91. The van der Waals surface area contributed by atoms with Gasteiger partial charge < -0.3 is 10.5 Å². The van der Waals surface area contributed by atoms with Crippen molar-refractivity contribution in [3.63, 3.8) is 0 Å². The van der Waals surface area contributed by atoms with Crippen LogP contribution < -0.4 is 5.73 Å². The Bertz CT molecular complexity index is 454. The number of ether oxygens (including phenoxy) is 1. The molecule has 1 aliphatic heterocycles. The first kappa shape index (κ1) is 14.0. The van der Waals surface area contributed by atoms with Gasteiger partial charge in [0.25, 0.3) is 0 Å².